The van der Waals surface area contributed by atoms with Crippen LogP contribution in [-0.4, -0.2) is 53.4 Å². The number of para-hydroxylation sites is 1. The second-order valence-corrected chi connectivity index (χ2v) is 9.01. The third-order valence-corrected chi connectivity index (χ3v) is 5.25. The second kappa shape index (κ2) is 8.01. The topological polar surface area (TPSA) is 57.2 Å². The zero-order valence-corrected chi connectivity index (χ0v) is 18.2. The monoisotopic (exact) mass is 406 g/mol. The van der Waals surface area contributed by atoms with Gasteiger partial charge in [-0.05, 0) is 63.9 Å². The van der Waals surface area contributed by atoms with E-state index < -0.39 is 0 Å². The molecule has 0 bridgehead atoms. The van der Waals surface area contributed by atoms with Gasteiger partial charge in [-0.15, -0.1) is 0 Å². The Morgan fingerprint density at radius 2 is 1.83 bits per heavy atom. The highest BCUT2D eigenvalue weighted by atomic mass is 16.5. The van der Waals surface area contributed by atoms with Gasteiger partial charge in [0.1, 0.15) is 17.3 Å². The van der Waals surface area contributed by atoms with Crippen molar-refractivity contribution in [3.05, 3.63) is 53.6 Å². The number of aryl methyl sites for hydroxylation is 1. The van der Waals surface area contributed by atoms with E-state index in [9.17, 15) is 4.79 Å². The number of amidine groups is 1. The Morgan fingerprint density at radius 1 is 1.03 bits per heavy atom. The first-order valence-corrected chi connectivity index (χ1v) is 10.6. The number of carbonyl (C=O) groups is 1. The average Bonchev–Trinajstić information content (AvgIpc) is 3.01. The van der Waals surface area contributed by atoms with Crippen LogP contribution in [0.1, 0.15) is 38.3 Å². The lowest BCUT2D eigenvalue weighted by Gasteiger charge is -2.28. The molecule has 0 unspecified atom stereocenters. The van der Waals surface area contributed by atoms with Gasteiger partial charge < -0.3 is 19.9 Å². The highest BCUT2D eigenvalue weighted by molar-refractivity contribution is 6.03. The molecule has 2 amide bonds. The molecule has 1 fully saturated rings. The van der Waals surface area contributed by atoms with E-state index in [4.69, 9.17) is 9.73 Å². The number of benzene rings is 2. The van der Waals surface area contributed by atoms with Gasteiger partial charge in [0.05, 0.1) is 5.56 Å². The number of rotatable bonds is 0. The molecule has 2 aromatic rings. The van der Waals surface area contributed by atoms with E-state index in [1.54, 1.807) is 0 Å². The molecule has 0 saturated carbocycles. The van der Waals surface area contributed by atoms with Crippen LogP contribution in [0.15, 0.2) is 47.5 Å². The van der Waals surface area contributed by atoms with Crippen molar-refractivity contribution in [2.75, 3.05) is 26.2 Å². The van der Waals surface area contributed by atoms with Crippen LogP contribution in [0.3, 0.4) is 0 Å². The number of hydrogen-bond acceptors (Lipinski definition) is 4. The van der Waals surface area contributed by atoms with E-state index in [-0.39, 0.29) is 11.6 Å². The van der Waals surface area contributed by atoms with Gasteiger partial charge in [0.2, 0.25) is 0 Å². The van der Waals surface area contributed by atoms with E-state index in [2.05, 4.69) is 29.3 Å². The first-order chi connectivity index (χ1) is 14.3. The van der Waals surface area contributed by atoms with Crippen LogP contribution in [0, 0.1) is 6.92 Å². The van der Waals surface area contributed by atoms with Gasteiger partial charge in [0, 0.05) is 31.7 Å². The standard InChI is InChI=1S/C24H30N4O2/c1-17-10-11-19-21(16-17)30-20-9-6-5-8-18(20)22(25-19)27-12-7-13-28(15-14-27)23(29)26-24(2,3)4/h5-6,8-11,16H,7,12-15H2,1-4H3,(H,26,29). The molecule has 158 valence electrons. The number of amides is 2. The predicted molar refractivity (Wildman–Crippen MR) is 120 cm³/mol. The Bertz CT molecular complexity index is 977. The normalized spacial score (nSPS) is 16.5. The number of carbonyl (C=O) groups excluding carboxylic acids is 1. The predicted octanol–water partition coefficient (Wildman–Crippen LogP) is 4.69. The van der Waals surface area contributed by atoms with Gasteiger partial charge in [-0.2, -0.15) is 0 Å². The summed E-state index contributed by atoms with van der Waals surface area (Å²) in [7, 11) is 0. The van der Waals surface area contributed by atoms with Crippen LogP contribution in [0.25, 0.3) is 0 Å². The third kappa shape index (κ3) is 4.42. The van der Waals surface area contributed by atoms with E-state index in [0.717, 1.165) is 60.2 Å². The van der Waals surface area contributed by atoms with Gasteiger partial charge in [-0.25, -0.2) is 9.79 Å². The molecule has 1 saturated heterocycles. The number of hydrogen-bond donors (Lipinski definition) is 1. The molecule has 2 aliphatic rings. The fraction of sp³-hybridized carbons (Fsp3) is 0.417. The molecule has 4 rings (SSSR count). The van der Waals surface area contributed by atoms with Crippen LogP contribution < -0.4 is 10.1 Å². The molecule has 0 radical (unpaired) electrons. The summed E-state index contributed by atoms with van der Waals surface area (Å²) in [5.74, 6) is 2.50. The summed E-state index contributed by atoms with van der Waals surface area (Å²) in [6.45, 7) is 11.0. The van der Waals surface area contributed by atoms with Gasteiger partial charge >= 0.3 is 6.03 Å². The molecule has 1 N–H and O–H groups in total. The van der Waals surface area contributed by atoms with Crippen LogP contribution in [0.4, 0.5) is 10.5 Å². The van der Waals surface area contributed by atoms with Crippen molar-refractivity contribution < 1.29 is 9.53 Å². The molecule has 2 aliphatic heterocycles. The van der Waals surface area contributed by atoms with E-state index >= 15 is 0 Å². The number of aliphatic imine (C=N–C) groups is 1. The van der Waals surface area contributed by atoms with Crippen LogP contribution in [0.5, 0.6) is 11.5 Å². The van der Waals surface area contributed by atoms with Crippen molar-refractivity contribution in [3.8, 4) is 11.5 Å². The summed E-state index contributed by atoms with van der Waals surface area (Å²) in [6, 6.07) is 14.1. The molecule has 2 heterocycles. The maximum absolute atomic E-state index is 12.6. The van der Waals surface area contributed by atoms with Crippen molar-refractivity contribution in [2.24, 2.45) is 4.99 Å². The summed E-state index contributed by atoms with van der Waals surface area (Å²) in [5, 5.41) is 3.07. The number of urea groups is 1. The van der Waals surface area contributed by atoms with Crippen molar-refractivity contribution in [1.82, 2.24) is 15.1 Å². The Morgan fingerprint density at radius 3 is 2.63 bits per heavy atom. The Labute approximate surface area is 178 Å². The lowest BCUT2D eigenvalue weighted by Crippen LogP contribution is -2.49. The smallest absolute Gasteiger partial charge is 0.317 e. The Hall–Kier alpha value is -3.02. The molecule has 0 atom stereocenters. The largest absolute Gasteiger partial charge is 0.454 e. The molecule has 0 spiro atoms. The summed E-state index contributed by atoms with van der Waals surface area (Å²) in [5.41, 5.74) is 2.71. The first kappa shape index (κ1) is 20.3. The van der Waals surface area contributed by atoms with E-state index in [1.165, 1.54) is 0 Å². The van der Waals surface area contributed by atoms with Crippen LogP contribution in [0.2, 0.25) is 0 Å². The van der Waals surface area contributed by atoms with Gasteiger partial charge in [0.25, 0.3) is 0 Å². The summed E-state index contributed by atoms with van der Waals surface area (Å²) in [4.78, 5) is 21.8. The fourth-order valence-electron chi connectivity index (χ4n) is 3.80. The quantitative estimate of drug-likeness (QED) is 0.690. The minimum Gasteiger partial charge on any atom is -0.454 e. The Balaban J connectivity index is 1.62. The van der Waals surface area contributed by atoms with E-state index in [1.807, 2.05) is 56.0 Å². The lowest BCUT2D eigenvalue weighted by molar-refractivity contribution is 0.191. The van der Waals surface area contributed by atoms with Gasteiger partial charge in [-0.3, -0.25) is 0 Å². The highest BCUT2D eigenvalue weighted by Crippen LogP contribution is 2.38. The summed E-state index contributed by atoms with van der Waals surface area (Å²) >= 11 is 0. The van der Waals surface area contributed by atoms with Crippen molar-refractivity contribution in [2.45, 2.75) is 39.7 Å². The number of nitrogens with zero attached hydrogens (tertiary/aromatic N) is 3. The molecular formula is C24H30N4O2. The zero-order chi connectivity index (χ0) is 21.3. The molecular weight excluding hydrogens is 376 g/mol. The van der Waals surface area contributed by atoms with Gasteiger partial charge in [-0.1, -0.05) is 18.2 Å². The molecule has 6 nitrogen and oxygen atoms in total. The minimum absolute atomic E-state index is 0.00305. The van der Waals surface area contributed by atoms with E-state index in [0.29, 0.717) is 6.54 Å². The fourth-order valence-corrected chi connectivity index (χ4v) is 3.80. The van der Waals surface area contributed by atoms with Crippen molar-refractivity contribution in [1.29, 1.82) is 0 Å². The lowest BCUT2D eigenvalue weighted by atomic mass is 10.1. The molecule has 2 aromatic carbocycles. The Kier molecular flexibility index (Phi) is 5.41. The number of nitrogens with one attached hydrogen (secondary N) is 1. The number of fused-ring (bicyclic) bond motifs is 2. The maximum Gasteiger partial charge on any atom is 0.317 e. The summed E-state index contributed by atoms with van der Waals surface area (Å²) in [6.07, 6.45) is 0.889. The zero-order valence-electron chi connectivity index (χ0n) is 18.2. The van der Waals surface area contributed by atoms with Crippen LogP contribution >= 0.6 is 0 Å². The summed E-state index contributed by atoms with van der Waals surface area (Å²) < 4.78 is 6.23. The molecule has 30 heavy (non-hydrogen) atoms. The number of ether oxygens (including phenoxy) is 1. The van der Waals surface area contributed by atoms with Gasteiger partial charge in [0.15, 0.2) is 5.75 Å². The maximum atomic E-state index is 12.6. The van der Waals surface area contributed by atoms with Crippen molar-refractivity contribution >= 4 is 17.6 Å². The highest BCUT2D eigenvalue weighted by Gasteiger charge is 2.27. The third-order valence-electron chi connectivity index (χ3n) is 5.25. The van der Waals surface area contributed by atoms with Crippen LogP contribution in [-0.2, 0) is 0 Å². The first-order valence-electron chi connectivity index (χ1n) is 10.6. The SMILES string of the molecule is Cc1ccc2c(c1)Oc1ccccc1C(N1CCCN(C(=O)NC(C)(C)C)CC1)=N2. The molecule has 0 aromatic heterocycles. The minimum atomic E-state index is -0.243. The molecule has 0 aliphatic carbocycles. The molecule has 6 heteroatoms. The average molecular weight is 407 g/mol. The second-order valence-electron chi connectivity index (χ2n) is 9.01. The van der Waals surface area contributed by atoms with Crippen molar-refractivity contribution in [3.63, 3.8) is 0 Å².